The molecule has 0 aliphatic heterocycles. The van der Waals surface area contributed by atoms with Gasteiger partial charge in [0, 0.05) is 17.7 Å². The average Bonchev–Trinajstić information content (AvgIpc) is 2.78. The Balaban J connectivity index is 2.91. The van der Waals surface area contributed by atoms with E-state index in [4.69, 9.17) is 4.74 Å². The van der Waals surface area contributed by atoms with Crippen molar-refractivity contribution in [3.8, 4) is 0 Å². The number of thiazole rings is 1. The molecule has 0 fully saturated rings. The van der Waals surface area contributed by atoms with Crippen LogP contribution in [0.4, 0.5) is 13.2 Å². The van der Waals surface area contributed by atoms with Crippen LogP contribution in [0.15, 0.2) is 6.20 Å². The van der Waals surface area contributed by atoms with Crippen molar-refractivity contribution in [2.75, 3.05) is 13.7 Å². The molecule has 2 unspecified atom stereocenters. The predicted molar refractivity (Wildman–Crippen MR) is 64.6 cm³/mol. The van der Waals surface area contributed by atoms with Crippen LogP contribution in [0.25, 0.3) is 0 Å². The largest absolute Gasteiger partial charge is 0.443 e. The molecule has 1 N–H and O–H groups in total. The van der Waals surface area contributed by atoms with E-state index in [2.05, 4.69) is 10.3 Å². The van der Waals surface area contributed by atoms with E-state index in [0.29, 0.717) is 22.8 Å². The molecule has 18 heavy (non-hydrogen) atoms. The number of nitrogens with one attached hydrogen (secondary N) is 1. The van der Waals surface area contributed by atoms with Crippen LogP contribution in [0, 0.1) is 0 Å². The molecule has 104 valence electrons. The third-order valence-electron chi connectivity index (χ3n) is 2.54. The lowest BCUT2D eigenvalue weighted by atomic mass is 10.1. The van der Waals surface area contributed by atoms with E-state index in [-0.39, 0.29) is 12.1 Å². The fourth-order valence-electron chi connectivity index (χ4n) is 1.74. The molecule has 0 bridgehead atoms. The standard InChI is InChI=1S/C11H17F3N2OS/c1-4-7(17-5-2)9(15-3)8-6-16-10(18-8)11(12,13)14/h6-7,9,15H,4-5H2,1-3H3. The topological polar surface area (TPSA) is 34.1 Å². The van der Waals surface area contributed by atoms with Gasteiger partial charge in [-0.05, 0) is 20.4 Å². The summed E-state index contributed by atoms with van der Waals surface area (Å²) in [6.07, 6.45) is -2.54. The highest BCUT2D eigenvalue weighted by molar-refractivity contribution is 7.11. The van der Waals surface area contributed by atoms with Gasteiger partial charge in [0.15, 0.2) is 5.01 Å². The molecule has 1 rings (SSSR count). The van der Waals surface area contributed by atoms with Gasteiger partial charge in [0.2, 0.25) is 0 Å². The number of hydrogen-bond acceptors (Lipinski definition) is 4. The Bertz CT molecular complexity index is 367. The summed E-state index contributed by atoms with van der Waals surface area (Å²) in [5, 5.41) is 2.18. The highest BCUT2D eigenvalue weighted by Crippen LogP contribution is 2.35. The maximum absolute atomic E-state index is 12.5. The first kappa shape index (κ1) is 15.4. The summed E-state index contributed by atoms with van der Waals surface area (Å²) in [5.74, 6) is 0. The summed E-state index contributed by atoms with van der Waals surface area (Å²) in [7, 11) is 1.71. The molecule has 1 aromatic heterocycles. The number of alkyl halides is 3. The maximum atomic E-state index is 12.5. The maximum Gasteiger partial charge on any atom is 0.443 e. The van der Waals surface area contributed by atoms with Gasteiger partial charge in [0.1, 0.15) is 0 Å². The highest BCUT2D eigenvalue weighted by Gasteiger charge is 2.36. The van der Waals surface area contributed by atoms with E-state index in [1.165, 1.54) is 6.20 Å². The molecule has 1 heterocycles. The molecule has 3 nitrogen and oxygen atoms in total. The van der Waals surface area contributed by atoms with Gasteiger partial charge < -0.3 is 10.1 Å². The van der Waals surface area contributed by atoms with Crippen molar-refractivity contribution in [3.63, 3.8) is 0 Å². The normalized spacial score (nSPS) is 15.7. The van der Waals surface area contributed by atoms with Crippen molar-refractivity contribution < 1.29 is 17.9 Å². The molecule has 0 aromatic carbocycles. The van der Waals surface area contributed by atoms with Crippen molar-refractivity contribution >= 4 is 11.3 Å². The first-order chi connectivity index (χ1) is 8.43. The van der Waals surface area contributed by atoms with Crippen LogP contribution in [-0.2, 0) is 10.9 Å². The van der Waals surface area contributed by atoms with E-state index in [9.17, 15) is 13.2 Å². The zero-order valence-electron chi connectivity index (χ0n) is 10.5. The Labute approximate surface area is 108 Å². The van der Waals surface area contributed by atoms with Crippen LogP contribution in [0.3, 0.4) is 0 Å². The molecule has 7 heteroatoms. The third-order valence-corrected chi connectivity index (χ3v) is 3.66. The van der Waals surface area contributed by atoms with E-state index in [1.807, 2.05) is 13.8 Å². The van der Waals surface area contributed by atoms with Crippen LogP contribution in [-0.4, -0.2) is 24.7 Å². The summed E-state index contributed by atoms with van der Waals surface area (Å²) >= 11 is 0.663. The predicted octanol–water partition coefficient (Wildman–Crippen LogP) is 3.24. The molecule has 0 aliphatic carbocycles. The van der Waals surface area contributed by atoms with E-state index in [1.54, 1.807) is 7.05 Å². The monoisotopic (exact) mass is 282 g/mol. The van der Waals surface area contributed by atoms with Gasteiger partial charge in [-0.25, -0.2) is 4.98 Å². The summed E-state index contributed by atoms with van der Waals surface area (Å²) in [5.41, 5.74) is 0. The highest BCUT2D eigenvalue weighted by atomic mass is 32.1. The lowest BCUT2D eigenvalue weighted by molar-refractivity contribution is -0.137. The second kappa shape index (κ2) is 6.49. The number of ether oxygens (including phenoxy) is 1. The lowest BCUT2D eigenvalue weighted by Gasteiger charge is -2.24. The third kappa shape index (κ3) is 3.66. The second-order valence-electron chi connectivity index (χ2n) is 3.73. The van der Waals surface area contributed by atoms with E-state index >= 15 is 0 Å². The van der Waals surface area contributed by atoms with Crippen LogP contribution < -0.4 is 5.32 Å². The van der Waals surface area contributed by atoms with Gasteiger partial charge in [-0.3, -0.25) is 0 Å². The Morgan fingerprint density at radius 2 is 2.11 bits per heavy atom. The zero-order chi connectivity index (χ0) is 13.8. The quantitative estimate of drug-likeness (QED) is 0.869. The molecule has 0 amide bonds. The summed E-state index contributed by atoms with van der Waals surface area (Å²) in [4.78, 5) is 3.98. The van der Waals surface area contributed by atoms with Crippen molar-refractivity contribution in [2.45, 2.75) is 38.6 Å². The van der Waals surface area contributed by atoms with Gasteiger partial charge in [0.25, 0.3) is 0 Å². The molecule has 0 saturated carbocycles. The number of likely N-dealkylation sites (N-methyl/N-ethyl adjacent to an activating group) is 1. The summed E-state index contributed by atoms with van der Waals surface area (Å²) in [6, 6.07) is -0.261. The molecule has 2 atom stereocenters. The minimum Gasteiger partial charge on any atom is -0.377 e. The van der Waals surface area contributed by atoms with Crippen molar-refractivity contribution in [1.82, 2.24) is 10.3 Å². The summed E-state index contributed by atoms with van der Waals surface area (Å²) in [6.45, 7) is 4.33. The molecular weight excluding hydrogens is 265 g/mol. The average molecular weight is 282 g/mol. The minimum atomic E-state index is -4.38. The van der Waals surface area contributed by atoms with Gasteiger partial charge in [-0.1, -0.05) is 6.92 Å². The number of hydrogen-bond donors (Lipinski definition) is 1. The molecule has 1 aromatic rings. The van der Waals surface area contributed by atoms with Crippen molar-refractivity contribution in [3.05, 3.63) is 16.1 Å². The molecule has 0 aliphatic rings. The second-order valence-corrected chi connectivity index (χ2v) is 4.80. The Hall–Kier alpha value is -0.660. The first-order valence-electron chi connectivity index (χ1n) is 5.75. The SMILES string of the molecule is CCOC(CC)C(NC)c1cnc(C(F)(F)F)s1. The van der Waals surface area contributed by atoms with Crippen LogP contribution in [0.1, 0.15) is 36.2 Å². The van der Waals surface area contributed by atoms with Crippen LogP contribution in [0.5, 0.6) is 0 Å². The van der Waals surface area contributed by atoms with Gasteiger partial charge in [0.05, 0.1) is 12.1 Å². The lowest BCUT2D eigenvalue weighted by Crippen LogP contribution is -2.30. The number of halogens is 3. The fraction of sp³-hybridized carbons (Fsp3) is 0.727. The smallest absolute Gasteiger partial charge is 0.377 e. The van der Waals surface area contributed by atoms with Crippen molar-refractivity contribution in [1.29, 1.82) is 0 Å². The number of aromatic nitrogens is 1. The van der Waals surface area contributed by atoms with E-state index in [0.717, 1.165) is 6.42 Å². The Morgan fingerprint density at radius 1 is 1.44 bits per heavy atom. The van der Waals surface area contributed by atoms with Crippen LogP contribution >= 0.6 is 11.3 Å². The Morgan fingerprint density at radius 3 is 2.50 bits per heavy atom. The van der Waals surface area contributed by atoms with Gasteiger partial charge >= 0.3 is 6.18 Å². The minimum absolute atomic E-state index is 0.151. The fourth-order valence-corrected chi connectivity index (χ4v) is 2.68. The molecular formula is C11H17F3N2OS. The first-order valence-corrected chi connectivity index (χ1v) is 6.57. The molecule has 0 saturated heterocycles. The molecule has 0 radical (unpaired) electrons. The zero-order valence-corrected chi connectivity index (χ0v) is 11.4. The number of rotatable bonds is 6. The Kier molecular flexibility index (Phi) is 5.55. The molecule has 0 spiro atoms. The van der Waals surface area contributed by atoms with E-state index < -0.39 is 11.2 Å². The summed E-state index contributed by atoms with van der Waals surface area (Å²) < 4.78 is 43.0. The van der Waals surface area contributed by atoms with Crippen LogP contribution in [0.2, 0.25) is 0 Å². The van der Waals surface area contributed by atoms with Gasteiger partial charge in [-0.15, -0.1) is 11.3 Å². The van der Waals surface area contributed by atoms with Gasteiger partial charge in [-0.2, -0.15) is 13.2 Å². The van der Waals surface area contributed by atoms with Crippen molar-refractivity contribution in [2.24, 2.45) is 0 Å². The number of nitrogens with zero attached hydrogens (tertiary/aromatic N) is 1.